The molecule has 16 heavy (non-hydrogen) atoms. The molecule has 7 heteroatoms. The van der Waals surface area contributed by atoms with Crippen LogP contribution in [0.4, 0.5) is 22.0 Å². The minimum Gasteiger partial charge on any atom is -0.191 e. The van der Waals surface area contributed by atoms with E-state index >= 15 is 0 Å². The first-order valence-corrected chi connectivity index (χ1v) is 5.82. The molecule has 0 N–H and O–H groups in total. The molecule has 0 unspecified atom stereocenters. The fraction of sp³-hybridized carbons (Fsp3) is 0.333. The molecule has 90 valence electrons. The number of rotatable bonds is 2. The second-order valence-corrected chi connectivity index (χ2v) is 6.05. The van der Waals surface area contributed by atoms with E-state index in [1.165, 1.54) is 12.1 Å². The number of benzene rings is 1. The molecule has 0 aromatic heterocycles. The highest BCUT2D eigenvalue weighted by Gasteiger charge is 2.58. The van der Waals surface area contributed by atoms with Crippen LogP contribution in [0, 0.1) is 0 Å². The fourth-order valence-electron chi connectivity index (χ4n) is 1.00. The van der Waals surface area contributed by atoms with Gasteiger partial charge < -0.3 is 0 Å². The van der Waals surface area contributed by atoms with Gasteiger partial charge in [0.25, 0.3) is 0 Å². The Labute approximate surface area is 105 Å². The Balaban J connectivity index is 3.07. The van der Waals surface area contributed by atoms with Crippen LogP contribution in [-0.2, 0) is 5.92 Å². The quantitative estimate of drug-likeness (QED) is 0.502. The molecule has 0 radical (unpaired) electrons. The van der Waals surface area contributed by atoms with Crippen molar-refractivity contribution in [1.82, 2.24) is 0 Å². The molecule has 0 spiro atoms. The van der Waals surface area contributed by atoms with E-state index in [1.807, 2.05) is 0 Å². The third kappa shape index (κ3) is 2.74. The summed E-state index contributed by atoms with van der Waals surface area (Å²) in [7, 11) is 0. The SMILES string of the molecule is FC(F)(F)C(F)(F)c1ccc(C(Br)Br)cc1. The summed E-state index contributed by atoms with van der Waals surface area (Å²) in [6.07, 6.45) is -5.57. The summed E-state index contributed by atoms with van der Waals surface area (Å²) >= 11 is 6.21. The van der Waals surface area contributed by atoms with Gasteiger partial charge in [0.15, 0.2) is 0 Å². The maximum Gasteiger partial charge on any atom is 0.458 e. The van der Waals surface area contributed by atoms with E-state index < -0.39 is 17.7 Å². The summed E-state index contributed by atoms with van der Waals surface area (Å²) in [4.78, 5) is 0. The third-order valence-electron chi connectivity index (χ3n) is 1.88. The fourth-order valence-corrected chi connectivity index (χ4v) is 1.61. The van der Waals surface area contributed by atoms with E-state index in [-0.39, 0.29) is 3.74 Å². The van der Waals surface area contributed by atoms with Crippen LogP contribution in [0.5, 0.6) is 0 Å². The van der Waals surface area contributed by atoms with Crippen molar-refractivity contribution in [2.75, 3.05) is 0 Å². The first-order valence-electron chi connectivity index (χ1n) is 3.99. The molecule has 0 saturated carbocycles. The van der Waals surface area contributed by atoms with Gasteiger partial charge in [-0.2, -0.15) is 22.0 Å². The molecule has 0 bridgehead atoms. The minimum absolute atomic E-state index is 0.284. The van der Waals surface area contributed by atoms with Crippen LogP contribution >= 0.6 is 31.9 Å². The summed E-state index contributed by atoms with van der Waals surface area (Å²) in [6, 6.07) is 3.92. The summed E-state index contributed by atoms with van der Waals surface area (Å²) in [5.74, 6) is -4.82. The van der Waals surface area contributed by atoms with Crippen LogP contribution in [-0.4, -0.2) is 6.18 Å². The first-order chi connectivity index (χ1) is 7.16. The van der Waals surface area contributed by atoms with Crippen molar-refractivity contribution in [2.45, 2.75) is 15.8 Å². The second-order valence-electron chi connectivity index (χ2n) is 2.99. The Morgan fingerprint density at radius 3 is 1.62 bits per heavy atom. The normalized spacial score (nSPS) is 13.2. The summed E-state index contributed by atoms with van der Waals surface area (Å²) in [5.41, 5.74) is -0.508. The van der Waals surface area contributed by atoms with E-state index in [0.29, 0.717) is 5.56 Å². The molecule has 0 aliphatic rings. The Kier molecular flexibility index (Phi) is 3.99. The van der Waals surface area contributed by atoms with Gasteiger partial charge in [0.2, 0.25) is 0 Å². The van der Waals surface area contributed by atoms with Crippen molar-refractivity contribution in [2.24, 2.45) is 0 Å². The molecule has 0 fully saturated rings. The molecule has 1 aromatic rings. The molecular weight excluding hydrogens is 363 g/mol. The van der Waals surface area contributed by atoms with Crippen molar-refractivity contribution in [3.8, 4) is 0 Å². The molecule has 0 aliphatic heterocycles. The van der Waals surface area contributed by atoms with Crippen molar-refractivity contribution in [3.63, 3.8) is 0 Å². The number of hydrogen-bond donors (Lipinski definition) is 0. The van der Waals surface area contributed by atoms with E-state index in [9.17, 15) is 22.0 Å². The van der Waals surface area contributed by atoms with Gasteiger partial charge in [-0.3, -0.25) is 0 Å². The van der Waals surface area contributed by atoms with Gasteiger partial charge in [-0.1, -0.05) is 56.1 Å². The van der Waals surface area contributed by atoms with E-state index in [1.54, 1.807) is 0 Å². The predicted octanol–water partition coefficient (Wildman–Crippen LogP) is 5.13. The summed E-state index contributed by atoms with van der Waals surface area (Å²) in [5, 5.41) is 0. The van der Waals surface area contributed by atoms with E-state index in [2.05, 4.69) is 31.9 Å². The molecule has 1 rings (SSSR count). The Bertz CT molecular complexity index is 355. The lowest BCUT2D eigenvalue weighted by Crippen LogP contribution is -2.33. The smallest absolute Gasteiger partial charge is 0.191 e. The average Bonchev–Trinajstić information content (AvgIpc) is 2.16. The second kappa shape index (κ2) is 4.60. The van der Waals surface area contributed by atoms with Gasteiger partial charge in [0.1, 0.15) is 0 Å². The molecule has 0 saturated heterocycles. The topological polar surface area (TPSA) is 0 Å². The van der Waals surface area contributed by atoms with Crippen molar-refractivity contribution in [1.29, 1.82) is 0 Å². The number of hydrogen-bond acceptors (Lipinski definition) is 0. The van der Waals surface area contributed by atoms with Crippen LogP contribution in [0.2, 0.25) is 0 Å². The monoisotopic (exact) mass is 366 g/mol. The van der Waals surface area contributed by atoms with E-state index in [0.717, 1.165) is 12.1 Å². The molecule has 0 heterocycles. The van der Waals surface area contributed by atoms with Crippen LogP contribution in [0.3, 0.4) is 0 Å². The maximum atomic E-state index is 12.8. The lowest BCUT2D eigenvalue weighted by molar-refractivity contribution is -0.289. The van der Waals surface area contributed by atoms with Gasteiger partial charge in [-0.25, -0.2) is 0 Å². The first kappa shape index (κ1) is 13.9. The van der Waals surface area contributed by atoms with Gasteiger partial charge in [-0.05, 0) is 5.56 Å². The molecular formula is C9H5Br2F5. The average molecular weight is 368 g/mol. The highest BCUT2D eigenvalue weighted by atomic mass is 79.9. The Morgan fingerprint density at radius 2 is 1.31 bits per heavy atom. The van der Waals surface area contributed by atoms with Crippen molar-refractivity contribution >= 4 is 31.9 Å². The maximum absolute atomic E-state index is 12.8. The predicted molar refractivity (Wildman–Crippen MR) is 57.0 cm³/mol. The van der Waals surface area contributed by atoms with E-state index in [4.69, 9.17) is 0 Å². The zero-order valence-electron chi connectivity index (χ0n) is 7.53. The number of alkyl halides is 7. The summed E-state index contributed by atoms with van der Waals surface area (Å²) in [6.45, 7) is 0. The zero-order chi connectivity index (χ0) is 12.6. The summed E-state index contributed by atoms with van der Waals surface area (Å²) < 4.78 is 61.4. The highest BCUT2D eigenvalue weighted by molar-refractivity contribution is 9.24. The van der Waals surface area contributed by atoms with Crippen LogP contribution in [0.25, 0.3) is 0 Å². The largest absolute Gasteiger partial charge is 0.458 e. The Hall–Kier alpha value is -0.170. The van der Waals surface area contributed by atoms with Gasteiger partial charge >= 0.3 is 12.1 Å². The number of halogens is 7. The minimum atomic E-state index is -5.57. The lowest BCUT2D eigenvalue weighted by Gasteiger charge is -2.20. The molecule has 0 aliphatic carbocycles. The van der Waals surface area contributed by atoms with Gasteiger partial charge in [0, 0.05) is 5.56 Å². The van der Waals surface area contributed by atoms with Crippen molar-refractivity contribution in [3.05, 3.63) is 35.4 Å². The molecule has 0 atom stereocenters. The van der Waals surface area contributed by atoms with Crippen molar-refractivity contribution < 1.29 is 22.0 Å². The Morgan fingerprint density at radius 1 is 0.875 bits per heavy atom. The molecule has 0 nitrogen and oxygen atoms in total. The third-order valence-corrected chi connectivity index (χ3v) is 2.94. The lowest BCUT2D eigenvalue weighted by atomic mass is 10.1. The van der Waals surface area contributed by atoms with Crippen LogP contribution in [0.1, 0.15) is 14.9 Å². The van der Waals surface area contributed by atoms with Crippen LogP contribution < -0.4 is 0 Å². The van der Waals surface area contributed by atoms with Gasteiger partial charge in [-0.15, -0.1) is 0 Å². The molecule has 1 aromatic carbocycles. The zero-order valence-corrected chi connectivity index (χ0v) is 10.7. The van der Waals surface area contributed by atoms with Crippen LogP contribution in [0.15, 0.2) is 24.3 Å². The standard InChI is InChI=1S/C9H5Br2F5/c10-7(11)5-1-3-6(4-2-5)8(12,13)9(14,15)16/h1-4,7H. The molecule has 0 amide bonds. The highest BCUT2D eigenvalue weighted by Crippen LogP contribution is 2.44. The van der Waals surface area contributed by atoms with Gasteiger partial charge in [0.05, 0.1) is 3.74 Å².